The molecule has 0 amide bonds. The van der Waals surface area contributed by atoms with Crippen LogP contribution in [0.4, 0.5) is 30.7 Å². The molecule has 83 heavy (non-hydrogen) atoms. The second-order valence-corrected chi connectivity index (χ2v) is 30.0. The fourth-order valence-electron chi connectivity index (χ4n) is 5.94. The van der Waals surface area contributed by atoms with Gasteiger partial charge in [-0.15, -0.1) is 0 Å². The molecule has 0 bridgehead atoms. The topological polar surface area (TPSA) is 0 Å². The predicted molar refractivity (Wildman–Crippen MR) is 381 cm³/mol. The minimum atomic E-state index is -4.39. The Hall–Kier alpha value is 0.770. The maximum absolute atomic E-state index is 12.8. The Labute approximate surface area is 611 Å². The smallest absolute Gasteiger partial charge is 0.206 e. The van der Waals surface area contributed by atoms with Crippen molar-refractivity contribution in [3.05, 3.63) is 260 Å². The van der Waals surface area contributed by atoms with Crippen molar-refractivity contribution in [2.24, 2.45) is 0 Å². The second-order valence-electron chi connectivity index (χ2n) is 17.0. The standard InChI is InChI=1S/C8H5BrClF3.C8H8BrCl.2C7H5Br2Cl.2C7H5Br2F.2C7H5BrClF/c1-4-2-5(9)3-6(10)7(4)8(11,12)13;1-5-3-7(9)4-8(10)6(5)2;1-4-2-5(8)3-6(10)7(4)9;1-4-2-5(8)3-6(9)7(4)10;1-4-2-5(8)3-6(10)7(4)9;1-4-2-5(8)3-6(9)7(4)10;1-4-2-5(8)3-6(10)7(4)9;1-4-2-5(8)3-6(9)7(4)10/h2-3H,1H3;3-4H,1-2H3;6*2-3H,1H3. The van der Waals surface area contributed by atoms with Crippen LogP contribution in [0.25, 0.3) is 0 Å². The summed E-state index contributed by atoms with van der Waals surface area (Å²) in [6.45, 7) is 16.4. The molecule has 0 N–H and O–H groups in total. The summed E-state index contributed by atoms with van der Waals surface area (Å²) in [5.74, 6) is -1.14. The SMILES string of the molecule is Cc1cc(Br)cc(Br)c1Cl.Cc1cc(Br)cc(Br)c1F.Cc1cc(Br)cc(Cl)c1Br.Cc1cc(Br)cc(Cl)c1C.Cc1cc(Br)cc(Cl)c1C(F)(F)F.Cc1cc(Br)cc(Cl)c1F.Cc1cc(Br)cc(F)c1Br.Cc1cc(Br)cc(F)c1Cl. The molecule has 0 aromatic heterocycles. The van der Waals surface area contributed by atoms with Gasteiger partial charge in [0.25, 0.3) is 0 Å². The summed E-state index contributed by atoms with van der Waals surface area (Å²) in [5, 5.41) is 2.43. The third kappa shape index (κ3) is 29.7. The Kier molecular flexibility index (Phi) is 38.7. The number of halogens is 25. The Morgan fingerprint density at radius 2 is 0.614 bits per heavy atom. The van der Waals surface area contributed by atoms with Gasteiger partial charge in [-0.25, -0.2) is 17.6 Å². The number of rotatable bonds is 0. The molecule has 0 nitrogen and oxygen atoms in total. The largest absolute Gasteiger partial charge is 0.418 e. The molecule has 0 spiro atoms. The Bertz CT molecular complexity index is 2790. The van der Waals surface area contributed by atoms with Gasteiger partial charge in [0.05, 0.1) is 39.6 Å². The number of hydrogen-bond acceptors (Lipinski definition) is 0. The molecule has 8 aromatic carbocycles. The summed E-state index contributed by atoms with van der Waals surface area (Å²) in [5.41, 5.74) is 6.77. The third-order valence-corrected chi connectivity index (χ3v) is 19.8. The van der Waals surface area contributed by atoms with Crippen molar-refractivity contribution in [2.75, 3.05) is 0 Å². The molecule has 0 saturated heterocycles. The van der Waals surface area contributed by atoms with Gasteiger partial charge in [-0.3, -0.25) is 0 Å². The third-order valence-electron chi connectivity index (χ3n) is 10.2. The Balaban J connectivity index is 0.000000475. The summed E-state index contributed by atoms with van der Waals surface area (Å²) in [6, 6.07) is 27.4. The van der Waals surface area contributed by atoms with Crippen LogP contribution in [0.15, 0.2) is 151 Å². The first-order chi connectivity index (χ1) is 38.1. The van der Waals surface area contributed by atoms with E-state index in [-0.39, 0.29) is 43.9 Å². The van der Waals surface area contributed by atoms with Crippen molar-refractivity contribution in [3.63, 3.8) is 0 Å². The van der Waals surface area contributed by atoms with E-state index in [2.05, 4.69) is 197 Å². The summed E-state index contributed by atoms with van der Waals surface area (Å²) in [6.07, 6.45) is -4.39. The van der Waals surface area contributed by atoms with E-state index in [9.17, 15) is 30.7 Å². The number of benzene rings is 8. The van der Waals surface area contributed by atoms with Gasteiger partial charge in [-0.05, 0) is 273 Å². The molecule has 0 aliphatic rings. The van der Waals surface area contributed by atoms with Gasteiger partial charge < -0.3 is 0 Å². The van der Waals surface area contributed by atoms with Crippen molar-refractivity contribution in [1.82, 2.24) is 0 Å². The van der Waals surface area contributed by atoms with Crippen molar-refractivity contribution in [2.45, 2.75) is 68.5 Å². The zero-order valence-corrected chi connectivity index (χ0v) is 67.8. The maximum atomic E-state index is 12.8. The molecule has 0 aliphatic carbocycles. The van der Waals surface area contributed by atoms with Crippen molar-refractivity contribution >= 4 is 261 Å². The van der Waals surface area contributed by atoms with Gasteiger partial charge in [0, 0.05) is 49.7 Å². The quantitative estimate of drug-likeness (QED) is 0.105. The average molecular weight is 2040 g/mol. The van der Waals surface area contributed by atoms with E-state index in [4.69, 9.17) is 69.6 Å². The van der Waals surface area contributed by atoms with Crippen LogP contribution >= 0.6 is 261 Å². The normalized spacial score (nSPS) is 10.3. The van der Waals surface area contributed by atoms with Crippen LogP contribution in [-0.4, -0.2) is 0 Å². The van der Waals surface area contributed by atoms with E-state index < -0.39 is 11.7 Å². The molecule has 8 aromatic rings. The summed E-state index contributed by atoms with van der Waals surface area (Å²) >= 11 is 73.0. The number of alkyl halides is 3. The van der Waals surface area contributed by atoms with E-state index in [1.54, 1.807) is 45.0 Å². The lowest BCUT2D eigenvalue weighted by Gasteiger charge is -2.12. The number of aryl methyl sites for hydroxylation is 8. The van der Waals surface area contributed by atoms with E-state index in [1.807, 2.05) is 71.0 Å². The zero-order chi connectivity index (χ0) is 64.3. The van der Waals surface area contributed by atoms with Crippen LogP contribution in [-0.2, 0) is 6.18 Å². The molecular formula is C58H43Br12Cl6F7. The van der Waals surface area contributed by atoms with Crippen LogP contribution in [0.5, 0.6) is 0 Å². The Morgan fingerprint density at radius 3 is 1.00 bits per heavy atom. The highest BCUT2D eigenvalue weighted by Crippen LogP contribution is 2.39. The van der Waals surface area contributed by atoms with E-state index >= 15 is 0 Å². The first-order valence-electron chi connectivity index (χ1n) is 22.7. The molecule has 450 valence electrons. The van der Waals surface area contributed by atoms with Crippen LogP contribution in [0, 0.1) is 85.6 Å². The average Bonchev–Trinajstić information content (AvgIpc) is 3.34. The fourth-order valence-corrected chi connectivity index (χ4v) is 14.6. The fraction of sp³-hybridized carbons (Fsp3) is 0.172. The van der Waals surface area contributed by atoms with E-state index in [0.717, 1.165) is 78.7 Å². The lowest BCUT2D eigenvalue weighted by molar-refractivity contribution is -0.137. The van der Waals surface area contributed by atoms with Gasteiger partial charge in [0.2, 0.25) is 0 Å². The molecule has 0 radical (unpaired) electrons. The van der Waals surface area contributed by atoms with Crippen molar-refractivity contribution in [1.29, 1.82) is 0 Å². The molecule has 0 unspecified atom stereocenters. The monoisotopic (exact) mass is 2030 g/mol. The molecule has 0 aliphatic heterocycles. The highest BCUT2D eigenvalue weighted by molar-refractivity contribution is 9.12. The molecule has 0 fully saturated rings. The first kappa shape index (κ1) is 81.8. The Morgan fingerprint density at radius 1 is 0.289 bits per heavy atom. The van der Waals surface area contributed by atoms with Gasteiger partial charge in [-0.1, -0.05) is 197 Å². The predicted octanol–water partition coefficient (Wildman–Crippen LogP) is 30.9. The highest BCUT2D eigenvalue weighted by atomic mass is 79.9. The molecule has 0 heterocycles. The molecule has 8 rings (SSSR count). The van der Waals surface area contributed by atoms with Crippen molar-refractivity contribution in [3.8, 4) is 0 Å². The summed E-state index contributed by atoms with van der Waals surface area (Å²) in [4.78, 5) is 0. The minimum absolute atomic E-state index is 0.117. The summed E-state index contributed by atoms with van der Waals surface area (Å²) in [7, 11) is 0. The lowest BCUT2D eigenvalue weighted by Crippen LogP contribution is -2.08. The van der Waals surface area contributed by atoms with Crippen LogP contribution in [0.3, 0.4) is 0 Å². The summed E-state index contributed by atoms with van der Waals surface area (Å²) < 4.78 is 97.8. The zero-order valence-electron chi connectivity index (χ0n) is 44.2. The molecular weight excluding hydrogens is 2000 g/mol. The van der Waals surface area contributed by atoms with E-state index in [1.165, 1.54) is 42.8 Å². The lowest BCUT2D eigenvalue weighted by atomic mass is 10.1. The second kappa shape index (κ2) is 39.2. The number of hydrogen-bond donors (Lipinski definition) is 0. The van der Waals surface area contributed by atoms with E-state index in [0.29, 0.717) is 29.0 Å². The van der Waals surface area contributed by atoms with Gasteiger partial charge in [-0.2, -0.15) is 13.2 Å². The molecule has 0 saturated carbocycles. The first-order valence-corrected chi connectivity index (χ1v) is 34.5. The van der Waals surface area contributed by atoms with Crippen LogP contribution < -0.4 is 0 Å². The molecule has 0 atom stereocenters. The van der Waals surface area contributed by atoms with Gasteiger partial charge >= 0.3 is 6.18 Å². The maximum Gasteiger partial charge on any atom is 0.418 e. The van der Waals surface area contributed by atoms with Crippen molar-refractivity contribution < 1.29 is 30.7 Å². The molecule has 25 heteroatoms. The van der Waals surface area contributed by atoms with Gasteiger partial charge in [0.15, 0.2) is 0 Å². The van der Waals surface area contributed by atoms with Crippen LogP contribution in [0.2, 0.25) is 30.1 Å². The van der Waals surface area contributed by atoms with Crippen LogP contribution in [0.1, 0.15) is 55.6 Å². The minimum Gasteiger partial charge on any atom is -0.206 e. The highest BCUT2D eigenvalue weighted by Gasteiger charge is 2.35. The van der Waals surface area contributed by atoms with Gasteiger partial charge in [0.1, 0.15) is 23.3 Å².